The fourth-order valence-corrected chi connectivity index (χ4v) is 3.14. The smallest absolute Gasteiger partial charge is 0.251 e. The molecule has 2 N–H and O–H groups in total. The molecule has 1 aliphatic heterocycles. The van der Waals surface area contributed by atoms with Crippen molar-refractivity contribution in [1.29, 1.82) is 0 Å². The van der Waals surface area contributed by atoms with Crippen LogP contribution in [-0.2, 0) is 4.79 Å². The number of nitrogens with one attached hydrogen (secondary N) is 2. The van der Waals surface area contributed by atoms with Gasteiger partial charge >= 0.3 is 0 Å². The minimum atomic E-state index is -0.489. The molecule has 1 aliphatic rings. The molecule has 2 atom stereocenters. The second-order valence-corrected chi connectivity index (χ2v) is 6.28. The lowest BCUT2D eigenvalue weighted by Crippen LogP contribution is -2.45. The largest absolute Gasteiger partial charge is 0.357 e. The number of piperidine rings is 1. The van der Waals surface area contributed by atoms with Crippen molar-refractivity contribution in [2.24, 2.45) is 0 Å². The number of hydrogen-bond donors (Lipinski definition) is 2. The van der Waals surface area contributed by atoms with Crippen LogP contribution in [0.4, 0.5) is 0 Å². The van der Waals surface area contributed by atoms with Crippen LogP contribution < -0.4 is 10.6 Å². The van der Waals surface area contributed by atoms with E-state index in [2.05, 4.69) is 28.6 Å². The molecule has 1 saturated heterocycles. The molecule has 0 aromatic heterocycles. The number of likely N-dealkylation sites (tertiary alicyclic amines) is 1. The van der Waals surface area contributed by atoms with Crippen molar-refractivity contribution in [2.75, 3.05) is 27.2 Å². The van der Waals surface area contributed by atoms with E-state index in [1.165, 1.54) is 12.0 Å². The van der Waals surface area contributed by atoms with Gasteiger partial charge in [-0.05, 0) is 56.5 Å². The van der Waals surface area contributed by atoms with Crippen molar-refractivity contribution in [3.8, 4) is 0 Å². The summed E-state index contributed by atoms with van der Waals surface area (Å²) in [5.41, 5.74) is 1.83. The zero-order chi connectivity index (χ0) is 16.8. The predicted molar refractivity (Wildman–Crippen MR) is 91.5 cm³/mol. The van der Waals surface area contributed by atoms with Crippen LogP contribution in [0, 0.1) is 0 Å². The van der Waals surface area contributed by atoms with E-state index in [0.717, 1.165) is 19.5 Å². The molecule has 1 aromatic rings. The van der Waals surface area contributed by atoms with Crippen LogP contribution in [0.15, 0.2) is 24.3 Å². The van der Waals surface area contributed by atoms with Gasteiger partial charge in [-0.25, -0.2) is 0 Å². The Morgan fingerprint density at radius 1 is 1.39 bits per heavy atom. The Morgan fingerprint density at radius 3 is 2.83 bits per heavy atom. The monoisotopic (exact) mass is 317 g/mol. The highest BCUT2D eigenvalue weighted by Gasteiger charge is 2.21. The second kappa shape index (κ2) is 8.11. The molecule has 1 heterocycles. The van der Waals surface area contributed by atoms with Gasteiger partial charge in [-0.2, -0.15) is 0 Å². The minimum Gasteiger partial charge on any atom is -0.357 e. The molecule has 0 bridgehead atoms. The van der Waals surface area contributed by atoms with Crippen molar-refractivity contribution < 1.29 is 9.59 Å². The molecule has 0 radical (unpaired) electrons. The molecule has 0 saturated carbocycles. The highest BCUT2D eigenvalue weighted by Crippen LogP contribution is 2.26. The molecule has 1 fully saturated rings. The number of carbonyl (C=O) groups is 2. The summed E-state index contributed by atoms with van der Waals surface area (Å²) in [7, 11) is 3.72. The van der Waals surface area contributed by atoms with Gasteiger partial charge in [0.15, 0.2) is 0 Å². The van der Waals surface area contributed by atoms with E-state index in [4.69, 9.17) is 0 Å². The molecule has 5 nitrogen and oxygen atoms in total. The van der Waals surface area contributed by atoms with Crippen molar-refractivity contribution in [2.45, 2.75) is 38.1 Å². The van der Waals surface area contributed by atoms with Crippen LogP contribution in [-0.4, -0.2) is 49.9 Å². The van der Waals surface area contributed by atoms with Crippen molar-refractivity contribution in [3.05, 3.63) is 35.4 Å². The number of likely N-dealkylation sites (N-methyl/N-ethyl adjacent to an activating group) is 2. The van der Waals surface area contributed by atoms with E-state index >= 15 is 0 Å². The zero-order valence-electron chi connectivity index (χ0n) is 14.3. The second-order valence-electron chi connectivity index (χ2n) is 6.28. The van der Waals surface area contributed by atoms with Crippen LogP contribution in [0.2, 0.25) is 0 Å². The van der Waals surface area contributed by atoms with Gasteiger partial charge in [0.25, 0.3) is 5.91 Å². The number of nitrogens with zero attached hydrogens (tertiary/aromatic N) is 1. The maximum atomic E-state index is 12.4. The third kappa shape index (κ3) is 4.55. The molecule has 2 unspecified atom stereocenters. The Bertz CT molecular complexity index is 559. The molecule has 23 heavy (non-hydrogen) atoms. The maximum absolute atomic E-state index is 12.4. The summed E-state index contributed by atoms with van der Waals surface area (Å²) in [5.74, 6) is 0.125. The molecule has 2 amide bonds. The third-order valence-electron chi connectivity index (χ3n) is 4.52. The minimum absolute atomic E-state index is 0.161. The Kier molecular flexibility index (Phi) is 6.16. The van der Waals surface area contributed by atoms with E-state index in [9.17, 15) is 9.59 Å². The first-order valence-electron chi connectivity index (χ1n) is 8.36. The summed E-state index contributed by atoms with van der Waals surface area (Å²) in [4.78, 5) is 26.5. The Balaban J connectivity index is 2.09. The van der Waals surface area contributed by atoms with E-state index in [0.29, 0.717) is 17.9 Å². The van der Waals surface area contributed by atoms with E-state index < -0.39 is 6.04 Å². The summed E-state index contributed by atoms with van der Waals surface area (Å²) >= 11 is 0. The van der Waals surface area contributed by atoms with Gasteiger partial charge in [0, 0.05) is 19.2 Å². The van der Waals surface area contributed by atoms with Gasteiger partial charge in [0.1, 0.15) is 6.04 Å². The average molecular weight is 317 g/mol. The lowest BCUT2D eigenvalue weighted by atomic mass is 9.90. The van der Waals surface area contributed by atoms with E-state index in [-0.39, 0.29) is 11.8 Å². The third-order valence-corrected chi connectivity index (χ3v) is 4.52. The summed E-state index contributed by atoms with van der Waals surface area (Å²) in [6.07, 6.45) is 2.91. The van der Waals surface area contributed by atoms with Gasteiger partial charge in [0.05, 0.1) is 0 Å². The van der Waals surface area contributed by atoms with Crippen LogP contribution >= 0.6 is 0 Å². The molecule has 2 rings (SSSR count). The lowest BCUT2D eigenvalue weighted by molar-refractivity contribution is -0.122. The van der Waals surface area contributed by atoms with Gasteiger partial charge < -0.3 is 15.5 Å². The Hall–Kier alpha value is -1.88. The van der Waals surface area contributed by atoms with Gasteiger partial charge in [0.2, 0.25) is 5.91 Å². The Labute approximate surface area is 138 Å². The first kappa shape index (κ1) is 17.5. The van der Waals surface area contributed by atoms with Crippen molar-refractivity contribution in [3.63, 3.8) is 0 Å². The summed E-state index contributed by atoms with van der Waals surface area (Å²) < 4.78 is 0. The molecule has 1 aromatic carbocycles. The van der Waals surface area contributed by atoms with Crippen LogP contribution in [0.5, 0.6) is 0 Å². The Morgan fingerprint density at radius 2 is 2.17 bits per heavy atom. The molecule has 0 aliphatic carbocycles. The van der Waals surface area contributed by atoms with Gasteiger partial charge in [-0.1, -0.05) is 19.1 Å². The average Bonchev–Trinajstić information content (AvgIpc) is 2.59. The van der Waals surface area contributed by atoms with Crippen LogP contribution in [0.1, 0.15) is 48.0 Å². The first-order valence-corrected chi connectivity index (χ1v) is 8.36. The van der Waals surface area contributed by atoms with E-state index in [1.807, 2.05) is 25.1 Å². The van der Waals surface area contributed by atoms with Gasteiger partial charge in [-0.15, -0.1) is 0 Å². The summed E-state index contributed by atoms with van der Waals surface area (Å²) in [5, 5.41) is 5.39. The standard InChI is InChI=1S/C18H27N3O2/c1-4-16(18(23)19-2)20-17(22)14-8-5-7-13(11-14)15-9-6-10-21(3)12-15/h5,7-8,11,15-16H,4,6,9-10,12H2,1-3H3,(H,19,23)(H,20,22). The topological polar surface area (TPSA) is 61.4 Å². The lowest BCUT2D eigenvalue weighted by Gasteiger charge is -2.30. The number of benzene rings is 1. The molecule has 126 valence electrons. The number of carbonyl (C=O) groups excluding carboxylic acids is 2. The summed E-state index contributed by atoms with van der Waals surface area (Å²) in [6.45, 7) is 4.05. The fraction of sp³-hybridized carbons (Fsp3) is 0.556. The van der Waals surface area contributed by atoms with Crippen LogP contribution in [0.25, 0.3) is 0 Å². The number of rotatable bonds is 5. The molecular formula is C18H27N3O2. The molecule has 0 spiro atoms. The zero-order valence-corrected chi connectivity index (χ0v) is 14.3. The van der Waals surface area contributed by atoms with E-state index in [1.54, 1.807) is 7.05 Å². The maximum Gasteiger partial charge on any atom is 0.251 e. The fourth-order valence-electron chi connectivity index (χ4n) is 3.14. The normalized spacial score (nSPS) is 19.9. The number of amides is 2. The molecular weight excluding hydrogens is 290 g/mol. The van der Waals surface area contributed by atoms with Crippen molar-refractivity contribution in [1.82, 2.24) is 15.5 Å². The molecule has 5 heteroatoms. The van der Waals surface area contributed by atoms with Crippen LogP contribution in [0.3, 0.4) is 0 Å². The summed E-state index contributed by atoms with van der Waals surface area (Å²) in [6, 6.07) is 7.31. The number of hydrogen-bond acceptors (Lipinski definition) is 3. The SMILES string of the molecule is CCC(NC(=O)c1cccc(C2CCCN(C)C2)c1)C(=O)NC. The first-order chi connectivity index (χ1) is 11.0. The highest BCUT2D eigenvalue weighted by molar-refractivity contribution is 5.97. The van der Waals surface area contributed by atoms with Crippen molar-refractivity contribution >= 4 is 11.8 Å². The highest BCUT2D eigenvalue weighted by atomic mass is 16.2. The predicted octanol–water partition coefficient (Wildman–Crippen LogP) is 1.75. The van der Waals surface area contributed by atoms with Gasteiger partial charge in [-0.3, -0.25) is 9.59 Å². The quantitative estimate of drug-likeness (QED) is 0.870.